The molecule has 12 rings (SSSR count). The maximum atomic E-state index is 6.45. The summed E-state index contributed by atoms with van der Waals surface area (Å²) in [5.41, 5.74) is 14.7. The second-order valence-corrected chi connectivity index (χ2v) is 14.9. The highest BCUT2D eigenvalue weighted by molar-refractivity contribution is 6.11. The third-order valence-electron chi connectivity index (χ3n) is 11.6. The first-order valence-corrected chi connectivity index (χ1v) is 19.7. The van der Waals surface area contributed by atoms with Crippen LogP contribution in [-0.4, -0.2) is 4.57 Å². The van der Waals surface area contributed by atoms with Crippen molar-refractivity contribution in [2.24, 2.45) is 0 Å². The molecular weight excluding hydrogens is 709 g/mol. The number of aromatic nitrogens is 1. The van der Waals surface area contributed by atoms with Crippen molar-refractivity contribution in [2.75, 3.05) is 4.90 Å². The van der Waals surface area contributed by atoms with Gasteiger partial charge in [0.1, 0.15) is 22.3 Å². The summed E-state index contributed by atoms with van der Waals surface area (Å²) in [5.74, 6) is 0. The van der Waals surface area contributed by atoms with Crippen LogP contribution in [0.15, 0.2) is 215 Å². The summed E-state index contributed by atoms with van der Waals surface area (Å²) in [6.45, 7) is 0. The van der Waals surface area contributed by atoms with Crippen molar-refractivity contribution in [3.8, 4) is 27.9 Å². The number of anilines is 3. The zero-order valence-corrected chi connectivity index (χ0v) is 31.3. The molecule has 0 aliphatic rings. The number of nitrogens with zero attached hydrogens (tertiary/aromatic N) is 2. The minimum absolute atomic E-state index is 0.892. The average Bonchev–Trinajstić information content (AvgIpc) is 3.97. The minimum Gasteiger partial charge on any atom is -0.456 e. The molecule has 0 fully saturated rings. The highest BCUT2D eigenvalue weighted by Crippen LogP contribution is 2.42. The normalized spacial score (nSPS) is 11.8. The maximum Gasteiger partial charge on any atom is 0.143 e. The Bertz CT molecular complexity index is 3480. The molecule has 0 atom stereocenters. The van der Waals surface area contributed by atoms with E-state index in [9.17, 15) is 0 Å². The Labute approximate surface area is 334 Å². The zero-order valence-electron chi connectivity index (χ0n) is 31.3. The van der Waals surface area contributed by atoms with Crippen molar-refractivity contribution >= 4 is 82.7 Å². The Hall–Kier alpha value is -7.82. The Balaban J connectivity index is 1.02. The number of furan rings is 2. The lowest BCUT2D eigenvalue weighted by Crippen LogP contribution is -2.10. The Morgan fingerprint density at radius 3 is 1.64 bits per heavy atom. The van der Waals surface area contributed by atoms with E-state index in [1.807, 2.05) is 24.3 Å². The van der Waals surface area contributed by atoms with E-state index in [4.69, 9.17) is 8.83 Å². The van der Waals surface area contributed by atoms with Crippen molar-refractivity contribution in [3.05, 3.63) is 206 Å². The van der Waals surface area contributed by atoms with Gasteiger partial charge < -0.3 is 18.3 Å². The van der Waals surface area contributed by atoms with E-state index in [0.29, 0.717) is 0 Å². The quantitative estimate of drug-likeness (QED) is 0.170. The zero-order chi connectivity index (χ0) is 38.2. The van der Waals surface area contributed by atoms with Crippen LogP contribution in [0.25, 0.3) is 93.6 Å². The van der Waals surface area contributed by atoms with Crippen LogP contribution in [0.4, 0.5) is 17.1 Å². The molecule has 0 aliphatic carbocycles. The largest absolute Gasteiger partial charge is 0.456 e. The van der Waals surface area contributed by atoms with Crippen molar-refractivity contribution < 1.29 is 8.83 Å². The summed E-state index contributed by atoms with van der Waals surface area (Å²) in [4.78, 5) is 2.36. The monoisotopic (exact) mass is 742 g/mol. The molecule has 0 saturated heterocycles. The van der Waals surface area contributed by atoms with Crippen LogP contribution in [0.3, 0.4) is 0 Å². The SMILES string of the molecule is c1cc(-c2ccc3oc4ccccc4c3c2)cc(N(c2ccc(-c3cccc4c3oc3ccccc34)cc2)c2cccc(-n3c4ccccc4c4ccccc43)c2)c1. The van der Waals surface area contributed by atoms with Crippen molar-refractivity contribution in [3.63, 3.8) is 0 Å². The molecule has 9 aromatic carbocycles. The molecule has 0 aliphatic heterocycles. The highest BCUT2D eigenvalue weighted by atomic mass is 16.3. The first kappa shape index (κ1) is 32.4. The number of rotatable bonds is 6. The van der Waals surface area contributed by atoms with Gasteiger partial charge in [-0.1, -0.05) is 127 Å². The maximum absolute atomic E-state index is 6.45. The number of hydrogen-bond acceptors (Lipinski definition) is 3. The standard InChI is InChI=1S/C54H34N2O2/c1-5-22-49-43(16-1)44-17-2-6-23-50(44)56(49)41-15-10-14-40(34-41)55(38-29-26-35(27-30-38)42-20-11-21-47-45-18-3-8-25-52(45)58-54(42)47)39-13-9-12-36(32-39)37-28-31-53-48(33-37)46-19-4-7-24-51(46)57-53/h1-34H. The van der Waals surface area contributed by atoms with Gasteiger partial charge >= 0.3 is 0 Å². The number of hydrogen-bond donors (Lipinski definition) is 0. The molecule has 0 spiro atoms. The Morgan fingerprint density at radius 2 is 0.879 bits per heavy atom. The fourth-order valence-corrected chi connectivity index (χ4v) is 8.91. The van der Waals surface area contributed by atoms with Crippen molar-refractivity contribution in [1.29, 1.82) is 0 Å². The van der Waals surface area contributed by atoms with E-state index in [-0.39, 0.29) is 0 Å². The van der Waals surface area contributed by atoms with Crippen LogP contribution in [-0.2, 0) is 0 Å². The van der Waals surface area contributed by atoms with Gasteiger partial charge in [-0.3, -0.25) is 0 Å². The predicted octanol–water partition coefficient (Wildman–Crippen LogP) is 15.4. The highest BCUT2D eigenvalue weighted by Gasteiger charge is 2.19. The summed E-state index contributed by atoms with van der Waals surface area (Å²) in [6.07, 6.45) is 0. The van der Waals surface area contributed by atoms with Crippen LogP contribution in [0.5, 0.6) is 0 Å². The lowest BCUT2D eigenvalue weighted by molar-refractivity contribution is 0.669. The topological polar surface area (TPSA) is 34.5 Å². The van der Waals surface area contributed by atoms with Gasteiger partial charge in [0.2, 0.25) is 0 Å². The number of para-hydroxylation sites is 5. The van der Waals surface area contributed by atoms with Gasteiger partial charge in [0, 0.05) is 60.6 Å². The van der Waals surface area contributed by atoms with E-state index in [1.165, 1.54) is 21.8 Å². The number of benzene rings is 9. The minimum atomic E-state index is 0.892. The molecule has 0 N–H and O–H groups in total. The van der Waals surface area contributed by atoms with Crippen molar-refractivity contribution in [1.82, 2.24) is 4.57 Å². The Kier molecular flexibility index (Phi) is 7.20. The number of fused-ring (bicyclic) bond motifs is 9. The smallest absolute Gasteiger partial charge is 0.143 e. The van der Waals surface area contributed by atoms with E-state index < -0.39 is 0 Å². The van der Waals surface area contributed by atoms with Crippen molar-refractivity contribution in [2.45, 2.75) is 0 Å². The van der Waals surface area contributed by atoms with Crippen LogP contribution < -0.4 is 4.90 Å². The first-order valence-electron chi connectivity index (χ1n) is 19.7. The molecule has 0 amide bonds. The molecule has 0 bridgehead atoms. The van der Waals surface area contributed by atoms with Gasteiger partial charge in [-0.25, -0.2) is 0 Å². The van der Waals surface area contributed by atoms with Gasteiger partial charge in [-0.2, -0.15) is 0 Å². The summed E-state index contributed by atoms with van der Waals surface area (Å²) in [7, 11) is 0. The van der Waals surface area contributed by atoms with Gasteiger partial charge in [0.15, 0.2) is 0 Å². The van der Waals surface area contributed by atoms with Gasteiger partial charge in [0.05, 0.1) is 11.0 Å². The summed E-state index contributed by atoms with van der Waals surface area (Å²) < 4.78 is 15.0. The van der Waals surface area contributed by atoms with Crippen LogP contribution in [0.1, 0.15) is 0 Å². The molecule has 58 heavy (non-hydrogen) atoms. The van der Waals surface area contributed by atoms with E-state index in [0.717, 1.165) is 88.9 Å². The van der Waals surface area contributed by atoms with E-state index in [2.05, 4.69) is 191 Å². The van der Waals surface area contributed by atoms with E-state index in [1.54, 1.807) is 0 Å². The van der Waals surface area contributed by atoms with E-state index >= 15 is 0 Å². The third kappa shape index (κ3) is 5.09. The van der Waals surface area contributed by atoms with Crippen LogP contribution in [0.2, 0.25) is 0 Å². The van der Waals surface area contributed by atoms with Gasteiger partial charge in [-0.15, -0.1) is 0 Å². The third-order valence-corrected chi connectivity index (χ3v) is 11.6. The average molecular weight is 743 g/mol. The Morgan fingerprint density at radius 1 is 0.328 bits per heavy atom. The predicted molar refractivity (Wildman–Crippen MR) is 241 cm³/mol. The first-order chi connectivity index (χ1) is 28.7. The molecule has 0 saturated carbocycles. The fourth-order valence-electron chi connectivity index (χ4n) is 8.91. The molecule has 12 aromatic rings. The molecule has 0 unspecified atom stereocenters. The second-order valence-electron chi connectivity index (χ2n) is 14.9. The lowest BCUT2D eigenvalue weighted by Gasteiger charge is -2.27. The molecule has 3 aromatic heterocycles. The van der Waals surface area contributed by atoms with Crippen LogP contribution in [0, 0.1) is 0 Å². The fraction of sp³-hybridized carbons (Fsp3) is 0. The molecule has 0 radical (unpaired) electrons. The van der Waals surface area contributed by atoms with Crippen LogP contribution >= 0.6 is 0 Å². The molecule has 4 nitrogen and oxygen atoms in total. The molecule has 272 valence electrons. The molecule has 4 heteroatoms. The summed E-state index contributed by atoms with van der Waals surface area (Å²) in [5, 5.41) is 6.97. The molecular formula is C54H34N2O2. The summed E-state index contributed by atoms with van der Waals surface area (Å²) >= 11 is 0. The molecule has 3 heterocycles. The lowest BCUT2D eigenvalue weighted by atomic mass is 10.0. The van der Waals surface area contributed by atoms with Gasteiger partial charge in [0.25, 0.3) is 0 Å². The summed E-state index contributed by atoms with van der Waals surface area (Å²) in [6, 6.07) is 73.3. The van der Waals surface area contributed by atoms with Gasteiger partial charge in [-0.05, 0) is 95.6 Å². The second kappa shape index (κ2) is 12.9.